The van der Waals surface area contributed by atoms with Crippen molar-refractivity contribution in [2.75, 3.05) is 34.8 Å². The number of benzene rings is 1. The number of fused-ring (bicyclic) bond motifs is 1. The van der Waals surface area contributed by atoms with Gasteiger partial charge in [0.2, 0.25) is 5.82 Å². The van der Waals surface area contributed by atoms with Gasteiger partial charge in [-0.2, -0.15) is 4.52 Å². The van der Waals surface area contributed by atoms with Crippen molar-refractivity contribution in [3.05, 3.63) is 71.9 Å². The Morgan fingerprint density at radius 3 is 2.61 bits per heavy atom. The van der Waals surface area contributed by atoms with Crippen molar-refractivity contribution in [2.24, 2.45) is 0 Å². The molecule has 4 aromatic rings. The zero-order valence-electron chi connectivity index (χ0n) is 20.2. The summed E-state index contributed by atoms with van der Waals surface area (Å²) in [7, 11) is 0. The molecule has 0 bridgehead atoms. The molecule has 2 saturated heterocycles. The van der Waals surface area contributed by atoms with Gasteiger partial charge in [-0.3, -0.25) is 4.79 Å². The average Bonchev–Trinajstić information content (AvgIpc) is 3.46. The predicted octanol–water partition coefficient (Wildman–Crippen LogP) is 2.91. The third-order valence-electron chi connectivity index (χ3n) is 6.72. The Kier molecular flexibility index (Phi) is 5.67. The fourth-order valence-corrected chi connectivity index (χ4v) is 4.94. The number of anilines is 3. The van der Waals surface area contributed by atoms with Gasteiger partial charge in [-0.05, 0) is 37.3 Å². The molecule has 3 aromatic heterocycles. The molecule has 1 aromatic carbocycles. The van der Waals surface area contributed by atoms with Gasteiger partial charge in [-0.15, -0.1) is 5.10 Å². The molecule has 10 nitrogen and oxygen atoms in total. The number of aliphatic hydroxyl groups is 1. The molecule has 1 amide bonds. The molecule has 2 aliphatic rings. The van der Waals surface area contributed by atoms with Crippen molar-refractivity contribution >= 4 is 28.9 Å². The first-order chi connectivity index (χ1) is 18.2. The molecule has 2 atom stereocenters. The van der Waals surface area contributed by atoms with E-state index in [9.17, 15) is 23.1 Å². The lowest BCUT2D eigenvalue weighted by molar-refractivity contribution is 0.0309. The third kappa shape index (κ3) is 4.38. The minimum absolute atomic E-state index is 0.0179. The number of amides is 1. The lowest BCUT2D eigenvalue weighted by Gasteiger charge is -2.45. The van der Waals surface area contributed by atoms with Crippen LogP contribution in [0.5, 0.6) is 0 Å². The number of rotatable bonds is 5. The normalized spacial score (nSPS) is 20.6. The quantitative estimate of drug-likeness (QED) is 0.410. The third-order valence-corrected chi connectivity index (χ3v) is 6.72. The van der Waals surface area contributed by atoms with Crippen LogP contribution in [0.1, 0.15) is 35.6 Å². The Hall–Kier alpha value is -4.26. The maximum atomic E-state index is 14.5. The molecule has 0 spiro atoms. The van der Waals surface area contributed by atoms with Crippen molar-refractivity contribution in [1.29, 1.82) is 0 Å². The number of carbonyl (C=O) groups is 1. The van der Waals surface area contributed by atoms with Gasteiger partial charge < -0.3 is 20.2 Å². The zero-order chi connectivity index (χ0) is 26.6. The molecule has 0 radical (unpaired) electrons. The Morgan fingerprint density at radius 1 is 1.11 bits per heavy atom. The summed E-state index contributed by atoms with van der Waals surface area (Å²) in [6, 6.07) is 5.61. The summed E-state index contributed by atoms with van der Waals surface area (Å²) in [5, 5.41) is 17.1. The predicted molar refractivity (Wildman–Crippen MR) is 132 cm³/mol. The van der Waals surface area contributed by atoms with Gasteiger partial charge >= 0.3 is 0 Å². The molecule has 0 saturated carbocycles. The largest absolute Gasteiger partial charge is 0.386 e. The highest BCUT2D eigenvalue weighted by atomic mass is 19.1. The number of β-amino-alcohol motifs (C(OH)–C–C–N with tert-alkyl or cyclic N) is 1. The van der Waals surface area contributed by atoms with Gasteiger partial charge in [0.05, 0.1) is 42.5 Å². The molecular formula is C25H23F3N8O2. The monoisotopic (exact) mass is 524 g/mol. The minimum Gasteiger partial charge on any atom is -0.386 e. The van der Waals surface area contributed by atoms with Crippen LogP contribution in [0.25, 0.3) is 5.65 Å². The Labute approximate surface area is 214 Å². The molecule has 5 heterocycles. The summed E-state index contributed by atoms with van der Waals surface area (Å²) in [6.07, 6.45) is 3.15. The number of carbonyl (C=O) groups excluding carboxylic acids is 1. The SMILES string of the molecule is CC1(O)CN(c2cnc(C(=O)Nc3cnc4ccc(N5C[C@@H](F)C[C@@H]5c5cc(F)ccc5F)nn34)nc2)C1. The number of hydrogen-bond acceptors (Lipinski definition) is 8. The van der Waals surface area contributed by atoms with Crippen molar-refractivity contribution in [2.45, 2.75) is 31.2 Å². The van der Waals surface area contributed by atoms with E-state index >= 15 is 0 Å². The lowest BCUT2D eigenvalue weighted by atomic mass is 9.97. The van der Waals surface area contributed by atoms with Crippen LogP contribution in [0.2, 0.25) is 0 Å². The van der Waals surface area contributed by atoms with Crippen molar-refractivity contribution < 1.29 is 23.1 Å². The van der Waals surface area contributed by atoms with E-state index in [2.05, 4.69) is 25.4 Å². The van der Waals surface area contributed by atoms with Gasteiger partial charge in [-0.25, -0.2) is 28.1 Å². The van der Waals surface area contributed by atoms with E-state index in [0.717, 1.165) is 18.2 Å². The van der Waals surface area contributed by atoms with Crippen LogP contribution in [0.3, 0.4) is 0 Å². The minimum atomic E-state index is -1.26. The number of nitrogens with one attached hydrogen (secondary N) is 1. The first kappa shape index (κ1) is 24.1. The molecule has 6 rings (SSSR count). The fraction of sp³-hybridized carbons (Fsp3) is 0.320. The van der Waals surface area contributed by atoms with Crippen molar-refractivity contribution in [3.63, 3.8) is 0 Å². The summed E-state index contributed by atoms with van der Waals surface area (Å²) in [5.74, 6) is -1.37. The van der Waals surface area contributed by atoms with Crippen LogP contribution in [-0.2, 0) is 0 Å². The van der Waals surface area contributed by atoms with Gasteiger partial charge in [0.1, 0.15) is 23.6 Å². The van der Waals surface area contributed by atoms with E-state index in [1.807, 2.05) is 4.90 Å². The lowest BCUT2D eigenvalue weighted by Crippen LogP contribution is -2.60. The molecule has 13 heteroatoms. The van der Waals surface area contributed by atoms with Crippen LogP contribution < -0.4 is 15.1 Å². The summed E-state index contributed by atoms with van der Waals surface area (Å²) in [6.45, 7) is 2.58. The van der Waals surface area contributed by atoms with E-state index in [-0.39, 0.29) is 30.2 Å². The highest BCUT2D eigenvalue weighted by Gasteiger charge is 2.37. The first-order valence-corrected chi connectivity index (χ1v) is 12.0. The second-order valence-electron chi connectivity index (χ2n) is 9.84. The highest BCUT2D eigenvalue weighted by Crippen LogP contribution is 2.38. The topological polar surface area (TPSA) is 112 Å². The molecule has 196 valence electrons. The summed E-state index contributed by atoms with van der Waals surface area (Å²) >= 11 is 0. The second kappa shape index (κ2) is 8.94. The summed E-state index contributed by atoms with van der Waals surface area (Å²) < 4.78 is 44.2. The van der Waals surface area contributed by atoms with Gasteiger partial charge in [-0.1, -0.05) is 0 Å². The maximum absolute atomic E-state index is 14.5. The highest BCUT2D eigenvalue weighted by molar-refractivity contribution is 6.01. The van der Waals surface area contributed by atoms with E-state index in [1.165, 1.54) is 23.1 Å². The summed E-state index contributed by atoms with van der Waals surface area (Å²) in [5.41, 5.74) is 0.398. The Bertz CT molecular complexity index is 1520. The average molecular weight is 525 g/mol. The Morgan fingerprint density at radius 2 is 1.87 bits per heavy atom. The fourth-order valence-electron chi connectivity index (χ4n) is 4.94. The smallest absolute Gasteiger partial charge is 0.294 e. The molecule has 38 heavy (non-hydrogen) atoms. The number of halogens is 3. The van der Waals surface area contributed by atoms with Crippen LogP contribution in [0, 0.1) is 11.6 Å². The first-order valence-electron chi connectivity index (χ1n) is 12.0. The van der Waals surface area contributed by atoms with E-state index in [0.29, 0.717) is 30.2 Å². The number of alkyl halides is 1. The number of aromatic nitrogens is 5. The van der Waals surface area contributed by atoms with E-state index in [1.54, 1.807) is 24.0 Å². The molecular weight excluding hydrogens is 501 g/mol. The number of imidazole rings is 1. The number of hydrogen-bond donors (Lipinski definition) is 2. The molecule has 0 aliphatic carbocycles. The van der Waals surface area contributed by atoms with Crippen LogP contribution in [-0.4, -0.2) is 67.0 Å². The number of nitrogens with zero attached hydrogens (tertiary/aromatic N) is 7. The molecule has 0 unspecified atom stereocenters. The maximum Gasteiger partial charge on any atom is 0.294 e. The van der Waals surface area contributed by atoms with Crippen LogP contribution in [0.4, 0.5) is 30.5 Å². The van der Waals surface area contributed by atoms with Gasteiger partial charge in [0.15, 0.2) is 11.5 Å². The zero-order valence-corrected chi connectivity index (χ0v) is 20.2. The summed E-state index contributed by atoms with van der Waals surface area (Å²) in [4.78, 5) is 28.8. The molecule has 2 aliphatic heterocycles. The van der Waals surface area contributed by atoms with Crippen molar-refractivity contribution in [3.8, 4) is 0 Å². The molecule has 2 fully saturated rings. The second-order valence-corrected chi connectivity index (χ2v) is 9.84. The Balaban J connectivity index is 1.24. The van der Waals surface area contributed by atoms with Crippen LogP contribution in [0.15, 0.2) is 48.9 Å². The van der Waals surface area contributed by atoms with Crippen molar-refractivity contribution in [1.82, 2.24) is 24.6 Å². The van der Waals surface area contributed by atoms with Crippen LogP contribution >= 0.6 is 0 Å². The van der Waals surface area contributed by atoms with E-state index < -0.39 is 35.4 Å². The standard InChI is InChI=1S/C25H23F3N8O2/c1-25(38)12-34(13-25)16-8-30-23(31-9-16)24(37)32-22-10-29-20-4-5-21(33-36(20)22)35-11-15(27)7-19(35)17-6-14(26)2-3-18(17)28/h2-6,8-10,15,19,38H,7,11-13H2,1H3,(H,32,37)/t15-,19+/m0/s1. The van der Waals surface area contributed by atoms with Gasteiger partial charge in [0, 0.05) is 25.1 Å². The van der Waals surface area contributed by atoms with E-state index in [4.69, 9.17) is 0 Å². The molecule has 2 N–H and O–H groups in total. The van der Waals surface area contributed by atoms with Gasteiger partial charge in [0.25, 0.3) is 5.91 Å².